The number of anilines is 4. The summed E-state index contributed by atoms with van der Waals surface area (Å²) < 4.78 is 5.54. The fourth-order valence-corrected chi connectivity index (χ4v) is 4.99. The molecule has 0 radical (unpaired) electrons. The standard InChI is InChI=1S/C28H36N8O3S/c1-5-25(37)29-19-8-10-20(11-9-19)40-26-31-22(30-23-16-21(33-34-23)18-6-7-18)17-24(32-26)35-12-14-36(15-13-35)27(38)39-28(2,3)4/h8-11,16-18H,5-7,12-15H2,1-4H3,(H,29,37)(H2,30,31,32,33,34). The van der Waals surface area contributed by atoms with Crippen molar-refractivity contribution in [1.29, 1.82) is 0 Å². The minimum absolute atomic E-state index is 0.0258. The highest BCUT2D eigenvalue weighted by atomic mass is 32.2. The molecule has 212 valence electrons. The van der Waals surface area contributed by atoms with E-state index in [9.17, 15) is 9.59 Å². The molecule has 0 atom stereocenters. The molecule has 3 heterocycles. The fraction of sp³-hybridized carbons (Fsp3) is 0.464. The van der Waals surface area contributed by atoms with Crippen molar-refractivity contribution in [3.63, 3.8) is 0 Å². The van der Waals surface area contributed by atoms with Crippen molar-refractivity contribution in [2.24, 2.45) is 0 Å². The Hall–Kier alpha value is -3.80. The van der Waals surface area contributed by atoms with Crippen molar-refractivity contribution in [1.82, 2.24) is 25.1 Å². The van der Waals surface area contributed by atoms with Gasteiger partial charge in [0.05, 0.1) is 0 Å². The second-order valence-electron chi connectivity index (χ2n) is 11.0. The van der Waals surface area contributed by atoms with E-state index < -0.39 is 5.60 Å². The molecule has 11 nitrogen and oxygen atoms in total. The van der Waals surface area contributed by atoms with Gasteiger partial charge in [-0.2, -0.15) is 5.10 Å². The van der Waals surface area contributed by atoms with Crippen LogP contribution < -0.4 is 15.5 Å². The predicted molar refractivity (Wildman–Crippen MR) is 155 cm³/mol. The number of ether oxygens (including phenoxy) is 1. The van der Waals surface area contributed by atoms with Crippen LogP contribution in [0.15, 0.2) is 46.5 Å². The number of aromatic nitrogens is 4. The molecular formula is C28H36N8O3S. The van der Waals surface area contributed by atoms with E-state index in [-0.39, 0.29) is 12.0 Å². The van der Waals surface area contributed by atoms with E-state index in [2.05, 4.69) is 25.7 Å². The molecule has 0 spiro atoms. The van der Waals surface area contributed by atoms with E-state index in [1.165, 1.54) is 24.6 Å². The van der Waals surface area contributed by atoms with Gasteiger partial charge in [0.1, 0.15) is 17.2 Å². The number of aromatic amines is 1. The monoisotopic (exact) mass is 564 g/mol. The molecule has 40 heavy (non-hydrogen) atoms. The number of amides is 2. The third kappa shape index (κ3) is 7.44. The number of H-pyrrole nitrogens is 1. The number of piperazine rings is 1. The number of hydrogen-bond donors (Lipinski definition) is 3. The van der Waals surface area contributed by atoms with Gasteiger partial charge >= 0.3 is 6.09 Å². The molecule has 0 unspecified atom stereocenters. The summed E-state index contributed by atoms with van der Waals surface area (Å²) in [6.07, 6.45) is 2.51. The quantitative estimate of drug-likeness (QED) is 0.309. The molecule has 1 aliphatic heterocycles. The van der Waals surface area contributed by atoms with Gasteiger partial charge in [0.15, 0.2) is 11.0 Å². The van der Waals surface area contributed by atoms with Crippen molar-refractivity contribution >= 4 is 46.9 Å². The van der Waals surface area contributed by atoms with Crippen LogP contribution in [-0.4, -0.2) is 68.8 Å². The normalized spacial score (nSPS) is 15.6. The number of carbonyl (C=O) groups excluding carboxylic acids is 2. The third-order valence-corrected chi connectivity index (χ3v) is 7.36. The van der Waals surface area contributed by atoms with Crippen LogP contribution in [0, 0.1) is 0 Å². The van der Waals surface area contributed by atoms with Crippen LogP contribution in [0.5, 0.6) is 0 Å². The first kappa shape index (κ1) is 27.8. The Kier molecular flexibility index (Phi) is 8.15. The van der Waals surface area contributed by atoms with Gasteiger partial charge in [-0.25, -0.2) is 14.8 Å². The maximum absolute atomic E-state index is 12.5. The predicted octanol–water partition coefficient (Wildman–Crippen LogP) is 5.38. The second kappa shape index (κ2) is 11.7. The number of nitrogens with one attached hydrogen (secondary N) is 3. The molecular weight excluding hydrogens is 528 g/mol. The Morgan fingerprint density at radius 3 is 2.42 bits per heavy atom. The summed E-state index contributed by atoms with van der Waals surface area (Å²) in [6, 6.07) is 11.6. The van der Waals surface area contributed by atoms with Gasteiger partial charge < -0.3 is 25.2 Å². The summed E-state index contributed by atoms with van der Waals surface area (Å²) in [5.41, 5.74) is 1.36. The van der Waals surface area contributed by atoms with Crippen LogP contribution in [-0.2, 0) is 9.53 Å². The first-order chi connectivity index (χ1) is 19.1. The largest absolute Gasteiger partial charge is 0.444 e. The lowest BCUT2D eigenvalue weighted by Gasteiger charge is -2.36. The first-order valence-electron chi connectivity index (χ1n) is 13.7. The van der Waals surface area contributed by atoms with Crippen LogP contribution in [0.2, 0.25) is 0 Å². The summed E-state index contributed by atoms with van der Waals surface area (Å²) in [5.74, 6) is 2.67. The van der Waals surface area contributed by atoms with Crippen molar-refractivity contribution < 1.29 is 14.3 Å². The number of benzene rings is 1. The van der Waals surface area contributed by atoms with Crippen LogP contribution in [0.25, 0.3) is 0 Å². The molecule has 1 saturated heterocycles. The molecule has 12 heteroatoms. The van der Waals surface area contributed by atoms with Crippen molar-refractivity contribution in [2.75, 3.05) is 41.7 Å². The van der Waals surface area contributed by atoms with E-state index in [0.29, 0.717) is 55.3 Å². The lowest BCUT2D eigenvalue weighted by atomic mass is 10.2. The smallest absolute Gasteiger partial charge is 0.410 e. The molecule has 2 amide bonds. The maximum atomic E-state index is 12.5. The average molecular weight is 565 g/mol. The zero-order valence-corrected chi connectivity index (χ0v) is 24.2. The van der Waals surface area contributed by atoms with Crippen LogP contribution in [0.4, 0.5) is 27.9 Å². The third-order valence-electron chi connectivity index (χ3n) is 6.49. The molecule has 1 aromatic carbocycles. The van der Waals surface area contributed by atoms with Crippen LogP contribution in [0.1, 0.15) is 58.6 Å². The molecule has 2 aromatic heterocycles. The van der Waals surface area contributed by atoms with E-state index in [0.717, 1.165) is 22.1 Å². The Morgan fingerprint density at radius 2 is 1.77 bits per heavy atom. The van der Waals surface area contributed by atoms with Gasteiger partial charge in [-0.15, -0.1) is 0 Å². The van der Waals surface area contributed by atoms with Gasteiger partial charge in [-0.1, -0.05) is 6.92 Å². The van der Waals surface area contributed by atoms with Gasteiger partial charge in [0.25, 0.3) is 0 Å². The molecule has 1 saturated carbocycles. The maximum Gasteiger partial charge on any atom is 0.410 e. The summed E-state index contributed by atoms with van der Waals surface area (Å²) in [6.45, 7) is 9.77. The van der Waals surface area contributed by atoms with Crippen molar-refractivity contribution in [2.45, 2.75) is 68.5 Å². The van der Waals surface area contributed by atoms with Gasteiger partial charge in [-0.3, -0.25) is 9.89 Å². The van der Waals surface area contributed by atoms with E-state index in [1.54, 1.807) is 4.90 Å². The second-order valence-corrected chi connectivity index (χ2v) is 12.0. The summed E-state index contributed by atoms with van der Waals surface area (Å²) in [7, 11) is 0. The van der Waals surface area contributed by atoms with E-state index in [1.807, 2.05) is 64.1 Å². The molecule has 3 N–H and O–H groups in total. The highest BCUT2D eigenvalue weighted by Gasteiger charge is 2.28. The lowest BCUT2D eigenvalue weighted by Crippen LogP contribution is -2.50. The number of hydrogen-bond acceptors (Lipinski definition) is 9. The number of carbonyl (C=O) groups is 2. The molecule has 5 rings (SSSR count). The molecule has 3 aromatic rings. The zero-order chi connectivity index (χ0) is 28.3. The Bertz CT molecular complexity index is 1340. The average Bonchev–Trinajstić information content (AvgIpc) is 3.67. The van der Waals surface area contributed by atoms with Crippen molar-refractivity contribution in [3.05, 3.63) is 42.1 Å². The van der Waals surface area contributed by atoms with E-state index in [4.69, 9.17) is 14.7 Å². The van der Waals surface area contributed by atoms with Gasteiger partial charge in [-0.05, 0) is 69.6 Å². The Morgan fingerprint density at radius 1 is 1.05 bits per heavy atom. The van der Waals surface area contributed by atoms with Crippen LogP contribution in [0.3, 0.4) is 0 Å². The number of nitrogens with zero attached hydrogens (tertiary/aromatic N) is 5. The molecule has 2 aliphatic rings. The molecule has 0 bridgehead atoms. The first-order valence-corrected chi connectivity index (χ1v) is 14.5. The fourth-order valence-electron chi connectivity index (χ4n) is 4.23. The minimum Gasteiger partial charge on any atom is -0.444 e. The zero-order valence-electron chi connectivity index (χ0n) is 23.4. The van der Waals surface area contributed by atoms with E-state index >= 15 is 0 Å². The number of rotatable bonds is 8. The Balaban J connectivity index is 1.33. The summed E-state index contributed by atoms with van der Waals surface area (Å²) >= 11 is 1.44. The summed E-state index contributed by atoms with van der Waals surface area (Å²) in [5, 5.41) is 14.3. The van der Waals surface area contributed by atoms with Gasteiger partial charge in [0.2, 0.25) is 5.91 Å². The summed E-state index contributed by atoms with van der Waals surface area (Å²) in [4.78, 5) is 38.7. The molecule has 1 aliphatic carbocycles. The SMILES string of the molecule is CCC(=O)Nc1ccc(Sc2nc(Nc3cc(C4CC4)[nH]n3)cc(N3CCN(C(=O)OC(C)(C)C)CC3)n2)cc1. The van der Waals surface area contributed by atoms with Crippen LogP contribution >= 0.6 is 11.8 Å². The van der Waals surface area contributed by atoms with Crippen molar-refractivity contribution in [3.8, 4) is 0 Å². The minimum atomic E-state index is -0.529. The lowest BCUT2D eigenvalue weighted by molar-refractivity contribution is -0.115. The molecule has 2 fully saturated rings. The highest BCUT2D eigenvalue weighted by molar-refractivity contribution is 7.99. The van der Waals surface area contributed by atoms with Gasteiger partial charge in [0, 0.05) is 66.9 Å². The Labute approximate surface area is 238 Å². The highest BCUT2D eigenvalue weighted by Crippen LogP contribution is 2.40. The topological polar surface area (TPSA) is 128 Å².